The number of nitrogens with one attached hydrogen (secondary N) is 2. The normalized spacial score (nSPS) is 10.4. The molecule has 0 heterocycles. The van der Waals surface area contributed by atoms with Gasteiger partial charge in [0.25, 0.3) is 0 Å². The monoisotopic (exact) mass is 566 g/mol. The molecule has 0 aliphatic rings. The van der Waals surface area contributed by atoms with Gasteiger partial charge in [0.1, 0.15) is 25.6 Å². The molecule has 0 spiro atoms. The van der Waals surface area contributed by atoms with E-state index in [1.807, 2.05) is 91.0 Å². The quantitative estimate of drug-likeness (QED) is 0.143. The summed E-state index contributed by atoms with van der Waals surface area (Å²) in [5.41, 5.74) is 4.15. The maximum Gasteiger partial charge on any atom is 0.407 e. The van der Waals surface area contributed by atoms with Crippen LogP contribution in [0, 0.1) is 0 Å². The van der Waals surface area contributed by atoms with Gasteiger partial charge in [-0.1, -0.05) is 91.0 Å². The molecular weight excluding hydrogens is 532 g/mol. The molecule has 4 aromatic rings. The minimum Gasteiger partial charge on any atom is -0.487 e. The Morgan fingerprint density at radius 1 is 0.690 bits per heavy atom. The zero-order valence-corrected chi connectivity index (χ0v) is 23.5. The third kappa shape index (κ3) is 9.52. The van der Waals surface area contributed by atoms with Crippen LogP contribution in [0.4, 0.5) is 10.5 Å². The minimum absolute atomic E-state index is 0.123. The summed E-state index contributed by atoms with van der Waals surface area (Å²) < 4.78 is 17.0. The predicted molar refractivity (Wildman–Crippen MR) is 160 cm³/mol. The van der Waals surface area contributed by atoms with Crippen molar-refractivity contribution >= 4 is 23.7 Å². The lowest BCUT2D eigenvalue weighted by molar-refractivity contribution is -0.114. The molecule has 4 aromatic carbocycles. The molecule has 0 atom stereocenters. The van der Waals surface area contributed by atoms with Crippen LogP contribution in [-0.4, -0.2) is 24.5 Å². The van der Waals surface area contributed by atoms with Crippen LogP contribution in [0.15, 0.2) is 103 Å². The second kappa shape index (κ2) is 15.6. The van der Waals surface area contributed by atoms with Gasteiger partial charge in [0.05, 0.1) is 11.3 Å². The molecule has 0 bridgehead atoms. The molecule has 0 unspecified atom stereocenters. The number of ether oxygens (including phenoxy) is 3. The summed E-state index contributed by atoms with van der Waals surface area (Å²) in [6.45, 7) is 2.28. The Kier molecular flexibility index (Phi) is 11.1. The Morgan fingerprint density at radius 3 is 1.81 bits per heavy atom. The highest BCUT2D eigenvalue weighted by atomic mass is 16.5. The largest absolute Gasteiger partial charge is 0.487 e. The first kappa shape index (κ1) is 29.9. The van der Waals surface area contributed by atoms with Crippen LogP contribution in [-0.2, 0) is 40.5 Å². The van der Waals surface area contributed by atoms with E-state index >= 15 is 0 Å². The maximum absolute atomic E-state index is 13.1. The summed E-state index contributed by atoms with van der Waals surface area (Å²) in [6.07, 6.45) is 0.440. The highest BCUT2D eigenvalue weighted by molar-refractivity contribution is 5.95. The molecule has 0 radical (unpaired) electrons. The summed E-state index contributed by atoms with van der Waals surface area (Å²) in [6, 6.07) is 31.7. The lowest BCUT2D eigenvalue weighted by Crippen LogP contribution is -2.25. The molecule has 0 aromatic heterocycles. The van der Waals surface area contributed by atoms with Gasteiger partial charge in [-0.05, 0) is 47.2 Å². The number of hydrogen-bond acceptors (Lipinski definition) is 6. The van der Waals surface area contributed by atoms with Gasteiger partial charge >= 0.3 is 12.1 Å². The van der Waals surface area contributed by atoms with Gasteiger partial charge in [-0.15, -0.1) is 0 Å². The SMILES string of the molecule is CC(=O)Nc1c(CCCNC(=O)OCc2ccccc2)cc(C(=O)OCc2ccccc2)cc1OCc1ccccc1. The van der Waals surface area contributed by atoms with E-state index in [9.17, 15) is 14.4 Å². The van der Waals surface area contributed by atoms with Crippen LogP contribution in [0.25, 0.3) is 0 Å². The fourth-order valence-corrected chi connectivity index (χ4v) is 4.21. The first-order valence-corrected chi connectivity index (χ1v) is 13.7. The molecule has 0 aliphatic heterocycles. The number of carbonyl (C=O) groups excluding carboxylic acids is 3. The van der Waals surface area contributed by atoms with Gasteiger partial charge in [-0.2, -0.15) is 0 Å². The van der Waals surface area contributed by atoms with E-state index in [-0.39, 0.29) is 25.7 Å². The molecule has 0 saturated carbocycles. The van der Waals surface area contributed by atoms with Crippen molar-refractivity contribution in [2.45, 2.75) is 39.6 Å². The number of benzene rings is 4. The van der Waals surface area contributed by atoms with Crippen LogP contribution in [0.5, 0.6) is 5.75 Å². The van der Waals surface area contributed by atoms with E-state index in [0.717, 1.165) is 16.7 Å². The van der Waals surface area contributed by atoms with Gasteiger partial charge in [0, 0.05) is 13.5 Å². The van der Waals surface area contributed by atoms with Crippen LogP contribution >= 0.6 is 0 Å². The van der Waals surface area contributed by atoms with Gasteiger partial charge in [0.2, 0.25) is 5.91 Å². The van der Waals surface area contributed by atoms with Crippen LogP contribution in [0.1, 0.15) is 46.0 Å². The highest BCUT2D eigenvalue weighted by Crippen LogP contribution is 2.33. The smallest absolute Gasteiger partial charge is 0.407 e. The summed E-state index contributed by atoms with van der Waals surface area (Å²) >= 11 is 0. The van der Waals surface area contributed by atoms with Crippen molar-refractivity contribution in [3.63, 3.8) is 0 Å². The average Bonchev–Trinajstić information content (AvgIpc) is 3.02. The van der Waals surface area contributed by atoms with E-state index in [1.165, 1.54) is 6.92 Å². The Labute approximate surface area is 245 Å². The van der Waals surface area contributed by atoms with E-state index in [0.29, 0.717) is 42.0 Å². The van der Waals surface area contributed by atoms with Gasteiger partial charge in [-0.3, -0.25) is 4.79 Å². The van der Waals surface area contributed by atoms with Crippen LogP contribution in [0.3, 0.4) is 0 Å². The maximum atomic E-state index is 13.1. The lowest BCUT2D eigenvalue weighted by Gasteiger charge is -2.18. The second-order valence-electron chi connectivity index (χ2n) is 9.62. The third-order valence-corrected chi connectivity index (χ3v) is 6.28. The second-order valence-corrected chi connectivity index (χ2v) is 9.62. The van der Waals surface area contributed by atoms with Crippen molar-refractivity contribution in [3.05, 3.63) is 131 Å². The summed E-state index contributed by atoms with van der Waals surface area (Å²) in [4.78, 5) is 37.4. The summed E-state index contributed by atoms with van der Waals surface area (Å²) in [7, 11) is 0. The van der Waals surface area contributed by atoms with Gasteiger partial charge < -0.3 is 24.8 Å². The summed E-state index contributed by atoms with van der Waals surface area (Å²) in [5, 5.41) is 5.61. The van der Waals surface area contributed by atoms with E-state index in [1.54, 1.807) is 12.1 Å². The molecule has 8 nitrogen and oxygen atoms in total. The van der Waals surface area contributed by atoms with Gasteiger partial charge in [0.15, 0.2) is 0 Å². The third-order valence-electron chi connectivity index (χ3n) is 6.28. The Balaban J connectivity index is 1.47. The van der Waals surface area contributed by atoms with Crippen molar-refractivity contribution in [3.8, 4) is 5.75 Å². The fraction of sp³-hybridized carbons (Fsp3) is 0.206. The first-order valence-electron chi connectivity index (χ1n) is 13.7. The average molecular weight is 567 g/mol. The molecular formula is C34H34N2O6. The summed E-state index contributed by atoms with van der Waals surface area (Å²) in [5.74, 6) is -0.432. The molecule has 0 saturated heterocycles. The number of amides is 2. The Hall–Kier alpha value is -5.11. The standard InChI is InChI=1S/C34H34N2O6/c1-25(37)36-32-29(18-11-19-35-34(39)42-24-28-16-9-4-10-17-28)20-30(33(38)41-23-27-14-7-3-8-15-27)21-31(32)40-22-26-12-5-2-6-13-26/h2-10,12-17,20-21H,11,18-19,22-24H2,1H3,(H,35,39)(H,36,37). The number of esters is 1. The number of alkyl carbamates (subject to hydrolysis) is 1. The number of carbonyl (C=O) groups is 3. The minimum atomic E-state index is -0.522. The zero-order chi connectivity index (χ0) is 29.6. The molecule has 0 fully saturated rings. The number of rotatable bonds is 13. The van der Waals surface area contributed by atoms with E-state index in [2.05, 4.69) is 10.6 Å². The van der Waals surface area contributed by atoms with Crippen LogP contribution < -0.4 is 15.4 Å². The number of hydrogen-bond donors (Lipinski definition) is 2. The fourth-order valence-electron chi connectivity index (χ4n) is 4.21. The van der Waals surface area contributed by atoms with Crippen LogP contribution in [0.2, 0.25) is 0 Å². The first-order chi connectivity index (χ1) is 20.5. The van der Waals surface area contributed by atoms with E-state index < -0.39 is 12.1 Å². The molecule has 0 aliphatic carbocycles. The molecule has 42 heavy (non-hydrogen) atoms. The lowest BCUT2D eigenvalue weighted by atomic mass is 10.0. The van der Waals surface area contributed by atoms with Crippen molar-refractivity contribution in [1.82, 2.24) is 5.32 Å². The van der Waals surface area contributed by atoms with Gasteiger partial charge in [-0.25, -0.2) is 9.59 Å². The van der Waals surface area contributed by atoms with E-state index in [4.69, 9.17) is 14.2 Å². The predicted octanol–water partition coefficient (Wildman–Crippen LogP) is 6.44. The molecule has 2 N–H and O–H groups in total. The van der Waals surface area contributed by atoms with Crippen molar-refractivity contribution in [2.24, 2.45) is 0 Å². The van der Waals surface area contributed by atoms with Crippen molar-refractivity contribution in [2.75, 3.05) is 11.9 Å². The molecule has 216 valence electrons. The Bertz CT molecular complexity index is 1460. The Morgan fingerprint density at radius 2 is 1.24 bits per heavy atom. The molecule has 8 heteroatoms. The zero-order valence-electron chi connectivity index (χ0n) is 23.5. The highest BCUT2D eigenvalue weighted by Gasteiger charge is 2.19. The molecule has 2 amide bonds. The van der Waals surface area contributed by atoms with Crippen molar-refractivity contribution in [1.29, 1.82) is 0 Å². The van der Waals surface area contributed by atoms with Crippen molar-refractivity contribution < 1.29 is 28.6 Å². The number of anilines is 1. The topological polar surface area (TPSA) is 103 Å². The molecule has 4 rings (SSSR count). The number of aryl methyl sites for hydroxylation is 1.